The zero-order chi connectivity index (χ0) is 52.4. The van der Waals surface area contributed by atoms with Gasteiger partial charge in [0.15, 0.2) is 0 Å². The topological polar surface area (TPSA) is 285 Å². The van der Waals surface area contributed by atoms with E-state index in [4.69, 9.17) is 5.73 Å². The number of aromatic amines is 2. The normalized spacial score (nSPS) is 20.8. The zero-order valence-electron chi connectivity index (χ0n) is 41.2. The summed E-state index contributed by atoms with van der Waals surface area (Å²) in [7, 11) is 0. The first kappa shape index (κ1) is 53.9. The summed E-state index contributed by atoms with van der Waals surface area (Å²) in [6.45, 7) is 8.74. The number of nitrogens with zero attached hydrogens (tertiary/aromatic N) is 2. The van der Waals surface area contributed by atoms with Gasteiger partial charge in [0.1, 0.15) is 42.8 Å². The number of rotatable bonds is 12. The maximum Gasteiger partial charge on any atom is 0.337 e. The third kappa shape index (κ3) is 15.5. The van der Waals surface area contributed by atoms with Crippen molar-refractivity contribution in [2.75, 3.05) is 26.2 Å². The van der Waals surface area contributed by atoms with Gasteiger partial charge in [-0.3, -0.25) is 43.9 Å². The van der Waals surface area contributed by atoms with Crippen LogP contribution in [-0.4, -0.2) is 130 Å². The van der Waals surface area contributed by atoms with Crippen LogP contribution in [0.4, 0.5) is 4.79 Å². The molecular formula is C53H64N12O8. The number of hydrogen-bond donors (Lipinski definition) is 10. The number of hydrazine groups is 1. The van der Waals surface area contributed by atoms with E-state index in [1.54, 1.807) is 42.7 Å². The molecule has 20 nitrogen and oxygen atoms in total. The van der Waals surface area contributed by atoms with Crippen molar-refractivity contribution in [1.82, 2.24) is 57.2 Å². The molecule has 1 aliphatic rings. The fraction of sp³-hybridized carbons (Fsp3) is 0.358. The van der Waals surface area contributed by atoms with Gasteiger partial charge in [-0.1, -0.05) is 84.6 Å². The number of hydrogen-bond acceptors (Lipinski definition) is 9. The number of nitrogens with two attached hydrogens (primary N) is 1. The van der Waals surface area contributed by atoms with Crippen molar-refractivity contribution in [3.63, 3.8) is 0 Å². The van der Waals surface area contributed by atoms with Crippen LogP contribution in [0.5, 0.6) is 0 Å². The molecule has 73 heavy (non-hydrogen) atoms. The first-order chi connectivity index (χ1) is 35.1. The molecule has 9 amide bonds. The van der Waals surface area contributed by atoms with E-state index >= 15 is 0 Å². The van der Waals surface area contributed by atoms with Crippen molar-refractivity contribution in [3.8, 4) is 11.8 Å². The van der Waals surface area contributed by atoms with Crippen LogP contribution in [0.25, 0.3) is 21.8 Å². The Morgan fingerprint density at radius 2 is 1.27 bits per heavy atom. The summed E-state index contributed by atoms with van der Waals surface area (Å²) >= 11 is 0. The van der Waals surface area contributed by atoms with Gasteiger partial charge in [0.25, 0.3) is 5.91 Å². The molecule has 11 N–H and O–H groups in total. The number of H-pyrrole nitrogens is 2. The average Bonchev–Trinajstić information content (AvgIpc) is 3.98. The molecule has 2 aromatic heterocycles. The van der Waals surface area contributed by atoms with Crippen molar-refractivity contribution < 1.29 is 38.4 Å². The molecule has 0 aliphatic carbocycles. The van der Waals surface area contributed by atoms with Gasteiger partial charge in [-0.05, 0) is 68.5 Å². The molecule has 0 saturated carbocycles. The van der Waals surface area contributed by atoms with E-state index in [1.165, 1.54) is 20.8 Å². The number of amides is 9. The fourth-order valence-electron chi connectivity index (χ4n) is 8.42. The van der Waals surface area contributed by atoms with Gasteiger partial charge >= 0.3 is 6.03 Å². The second kappa shape index (κ2) is 26.1. The Morgan fingerprint density at radius 1 is 0.726 bits per heavy atom. The van der Waals surface area contributed by atoms with Crippen LogP contribution in [0.3, 0.4) is 0 Å². The lowest BCUT2D eigenvalue weighted by molar-refractivity contribution is -0.134. The van der Waals surface area contributed by atoms with Crippen molar-refractivity contribution in [1.29, 1.82) is 0 Å². The number of carbonyl (C=O) groups excluding carboxylic acids is 8. The standard InChI is InChI=1S/C53H64N12O8/c1-5-24-64-25-14-13-23-43(47(54)67)59-51(71)44(28-36-17-7-6-8-18-36)61-52(72)45(29-37-31-55-41-21-11-9-19-39(37)41)60-48(68)33(2)58-50(70)46(30-38-32-56-42-22-12-10-20-40(38)42)62-53(73)65(27-16-15-26-64)63-49(69)34(3)57-35(4)66/h5-12,17-22,31-34,43-46,55-56H,1,13-14,23-30H2,2-4H3,(H2,54,67)(H,57,66)(H,58,70)(H,59,71)(H,60,68)(H,61,72)(H,62,73)(H,63,69)/t33-,34-,43-,44+,45-,46+/m0/s1. The molecule has 1 aliphatic heterocycles. The van der Waals surface area contributed by atoms with E-state index in [9.17, 15) is 38.4 Å². The predicted molar refractivity (Wildman–Crippen MR) is 275 cm³/mol. The summed E-state index contributed by atoms with van der Waals surface area (Å²) < 4.78 is 0. The highest BCUT2D eigenvalue weighted by Gasteiger charge is 2.33. The maximum atomic E-state index is 14.6. The van der Waals surface area contributed by atoms with Crippen molar-refractivity contribution in [2.45, 2.75) is 95.5 Å². The van der Waals surface area contributed by atoms with Crippen LogP contribution in [-0.2, 0) is 52.8 Å². The van der Waals surface area contributed by atoms with Gasteiger partial charge in [0, 0.05) is 66.9 Å². The summed E-state index contributed by atoms with van der Waals surface area (Å²) in [6.07, 6.45) is 6.24. The van der Waals surface area contributed by atoms with Crippen LogP contribution in [0.15, 0.2) is 104 Å². The van der Waals surface area contributed by atoms with E-state index in [0.717, 1.165) is 26.8 Å². The number of para-hydroxylation sites is 2. The fourth-order valence-corrected chi connectivity index (χ4v) is 8.42. The van der Waals surface area contributed by atoms with E-state index in [1.807, 2.05) is 59.5 Å². The Balaban J connectivity index is 1.36. The van der Waals surface area contributed by atoms with Gasteiger partial charge < -0.3 is 47.6 Å². The Kier molecular flexibility index (Phi) is 19.3. The van der Waals surface area contributed by atoms with Crippen LogP contribution in [0, 0.1) is 11.8 Å². The second-order valence-electron chi connectivity index (χ2n) is 18.0. The summed E-state index contributed by atoms with van der Waals surface area (Å²) in [5, 5.41) is 18.8. The molecule has 0 radical (unpaired) electrons. The number of aromatic nitrogens is 2. The monoisotopic (exact) mass is 996 g/mol. The van der Waals surface area contributed by atoms with Crippen LogP contribution in [0.1, 0.15) is 56.7 Å². The highest BCUT2D eigenvalue weighted by molar-refractivity contribution is 5.97. The van der Waals surface area contributed by atoms with Gasteiger partial charge in [-0.2, -0.15) is 0 Å². The largest absolute Gasteiger partial charge is 0.368 e. The summed E-state index contributed by atoms with van der Waals surface area (Å²) in [5.41, 5.74) is 11.9. The van der Waals surface area contributed by atoms with Crippen LogP contribution < -0.4 is 43.1 Å². The predicted octanol–water partition coefficient (Wildman–Crippen LogP) is 1.73. The van der Waals surface area contributed by atoms with Crippen molar-refractivity contribution >= 4 is 69.2 Å². The molecule has 3 heterocycles. The van der Waals surface area contributed by atoms with E-state index in [0.29, 0.717) is 42.6 Å². The number of fused-ring (bicyclic) bond motifs is 2. The number of primary amides is 1. The zero-order valence-corrected chi connectivity index (χ0v) is 41.2. The van der Waals surface area contributed by atoms with E-state index in [2.05, 4.69) is 65.7 Å². The van der Waals surface area contributed by atoms with Crippen molar-refractivity contribution in [3.05, 3.63) is 121 Å². The Hall–Kier alpha value is -8.44. The molecule has 0 bridgehead atoms. The van der Waals surface area contributed by atoms with Gasteiger partial charge in [0.2, 0.25) is 35.4 Å². The summed E-state index contributed by atoms with van der Waals surface area (Å²) in [6, 6.07) is 15.5. The Bertz CT molecular complexity index is 2850. The van der Waals surface area contributed by atoms with E-state index in [-0.39, 0.29) is 38.8 Å². The number of carbonyl (C=O) groups is 8. The second-order valence-corrected chi connectivity index (χ2v) is 18.0. The quantitative estimate of drug-likeness (QED) is 0.0643. The lowest BCUT2D eigenvalue weighted by atomic mass is 10.0. The van der Waals surface area contributed by atoms with E-state index < -0.39 is 83.6 Å². The number of benzene rings is 3. The molecule has 3 aromatic carbocycles. The molecule has 384 valence electrons. The lowest BCUT2D eigenvalue weighted by Crippen LogP contribution is -2.61. The molecule has 6 atom stereocenters. The van der Waals surface area contributed by atoms with Crippen LogP contribution >= 0.6 is 0 Å². The summed E-state index contributed by atoms with van der Waals surface area (Å²) in [5.74, 6) is 1.03. The molecule has 0 fully saturated rings. The van der Waals surface area contributed by atoms with Crippen molar-refractivity contribution in [2.24, 2.45) is 5.73 Å². The van der Waals surface area contributed by atoms with Gasteiger partial charge in [-0.25, -0.2) is 9.80 Å². The van der Waals surface area contributed by atoms with Crippen LogP contribution in [0.2, 0.25) is 0 Å². The number of urea groups is 1. The molecule has 20 heteroatoms. The average molecular weight is 997 g/mol. The molecule has 0 spiro atoms. The molecule has 6 rings (SSSR count). The first-order valence-corrected chi connectivity index (χ1v) is 24.2. The highest BCUT2D eigenvalue weighted by atomic mass is 16.2. The van der Waals surface area contributed by atoms with Gasteiger partial charge in [0.05, 0.1) is 6.54 Å². The third-order valence-electron chi connectivity index (χ3n) is 12.3. The third-order valence-corrected chi connectivity index (χ3v) is 12.3. The minimum Gasteiger partial charge on any atom is -0.368 e. The molecule has 5 aromatic rings. The SMILES string of the molecule is C=CCN1CC#CCN(NC(=O)[C@H](C)NC(C)=O)C(=O)N[C@H](Cc2c[nH]c3ccccc23)C(=O)N[C@@H](C)C(=O)N[C@@H](Cc2c[nH]c3ccccc23)C(=O)N[C@H](Cc2ccccc2)C(=O)N[C@H](C(N)=O)CCCC1. The molecule has 0 saturated heterocycles. The Morgan fingerprint density at radius 3 is 1.89 bits per heavy atom. The number of nitrogens with one attached hydrogen (secondary N) is 9. The van der Waals surface area contributed by atoms with Gasteiger partial charge in [-0.15, -0.1) is 6.58 Å². The molecular weight excluding hydrogens is 933 g/mol. The lowest BCUT2D eigenvalue weighted by Gasteiger charge is -2.27. The maximum absolute atomic E-state index is 14.6. The summed E-state index contributed by atoms with van der Waals surface area (Å²) in [4.78, 5) is 118. The Labute approximate surface area is 423 Å². The minimum atomic E-state index is -1.36. The smallest absolute Gasteiger partial charge is 0.337 e. The first-order valence-electron chi connectivity index (χ1n) is 24.2. The minimum absolute atomic E-state index is 0.0284. The molecule has 0 unspecified atom stereocenters. The highest BCUT2D eigenvalue weighted by Crippen LogP contribution is 2.21.